The van der Waals surface area contributed by atoms with E-state index >= 15 is 0 Å². The molecule has 0 saturated carbocycles. The van der Waals surface area contributed by atoms with Gasteiger partial charge >= 0.3 is 0 Å². The minimum atomic E-state index is 0.374. The first-order chi connectivity index (χ1) is 12.4. The third-order valence-corrected chi connectivity index (χ3v) is 3.53. The SMILES string of the molecule is c1ccc(-c2nnn(CCCc3nnnn3Cc3nn[nH]n3)n2)cc1. The Kier molecular flexibility index (Phi) is 4.14. The Morgan fingerprint density at radius 2 is 1.92 bits per heavy atom. The molecule has 0 amide bonds. The molecule has 1 N–H and O–H groups in total. The fourth-order valence-corrected chi connectivity index (χ4v) is 2.33. The van der Waals surface area contributed by atoms with Gasteiger partial charge in [0.15, 0.2) is 11.6 Å². The maximum Gasteiger partial charge on any atom is 0.204 e. The summed E-state index contributed by atoms with van der Waals surface area (Å²) in [4.78, 5) is 1.58. The maximum atomic E-state index is 4.39. The summed E-state index contributed by atoms with van der Waals surface area (Å²) >= 11 is 0. The molecule has 0 aliphatic carbocycles. The lowest BCUT2D eigenvalue weighted by atomic mass is 10.2. The molecular weight excluding hydrogens is 324 g/mol. The molecule has 1 aromatic carbocycles. The first kappa shape index (κ1) is 15.0. The van der Waals surface area contributed by atoms with Crippen LogP contribution in [0.3, 0.4) is 0 Å². The van der Waals surface area contributed by atoms with E-state index in [0.29, 0.717) is 31.2 Å². The van der Waals surface area contributed by atoms with Gasteiger partial charge in [-0.15, -0.1) is 25.5 Å². The van der Waals surface area contributed by atoms with Gasteiger partial charge in [0.2, 0.25) is 5.82 Å². The zero-order valence-corrected chi connectivity index (χ0v) is 13.1. The van der Waals surface area contributed by atoms with Crippen molar-refractivity contribution in [2.75, 3.05) is 0 Å². The van der Waals surface area contributed by atoms with Gasteiger partial charge in [0.05, 0.1) is 6.54 Å². The van der Waals surface area contributed by atoms with E-state index in [2.05, 4.69) is 51.6 Å². The van der Waals surface area contributed by atoms with Gasteiger partial charge in [0.1, 0.15) is 6.54 Å². The van der Waals surface area contributed by atoms with E-state index in [4.69, 9.17) is 0 Å². The van der Waals surface area contributed by atoms with E-state index < -0.39 is 0 Å². The second-order valence-electron chi connectivity index (χ2n) is 5.26. The predicted molar refractivity (Wildman–Crippen MR) is 82.7 cm³/mol. The molecular formula is C13H14N12. The number of nitrogens with one attached hydrogen (secondary N) is 1. The minimum Gasteiger partial charge on any atom is -0.222 e. The Balaban J connectivity index is 1.34. The van der Waals surface area contributed by atoms with Crippen LogP contribution in [0.15, 0.2) is 30.3 Å². The number of aromatic nitrogens is 12. The molecule has 12 nitrogen and oxygen atoms in total. The average molecular weight is 338 g/mol. The molecule has 4 aromatic rings. The van der Waals surface area contributed by atoms with Crippen LogP contribution in [-0.4, -0.2) is 61.0 Å². The Bertz CT molecular complexity index is 910. The highest BCUT2D eigenvalue weighted by molar-refractivity contribution is 5.52. The highest BCUT2D eigenvalue weighted by Gasteiger charge is 2.10. The van der Waals surface area contributed by atoms with Crippen LogP contribution in [0.25, 0.3) is 11.4 Å². The lowest BCUT2D eigenvalue weighted by Gasteiger charge is -2.01. The van der Waals surface area contributed by atoms with Gasteiger partial charge in [-0.05, 0) is 22.1 Å². The summed E-state index contributed by atoms with van der Waals surface area (Å²) in [5, 5.41) is 37.9. The smallest absolute Gasteiger partial charge is 0.204 e. The van der Waals surface area contributed by atoms with Crippen molar-refractivity contribution in [3.05, 3.63) is 42.0 Å². The molecule has 25 heavy (non-hydrogen) atoms. The van der Waals surface area contributed by atoms with Crippen LogP contribution in [-0.2, 0) is 19.5 Å². The zero-order valence-electron chi connectivity index (χ0n) is 13.1. The lowest BCUT2D eigenvalue weighted by molar-refractivity contribution is 0.488. The Morgan fingerprint density at radius 3 is 2.76 bits per heavy atom. The van der Waals surface area contributed by atoms with E-state index in [1.807, 2.05) is 30.3 Å². The van der Waals surface area contributed by atoms with Crippen molar-refractivity contribution in [3.8, 4) is 11.4 Å². The fraction of sp³-hybridized carbons (Fsp3) is 0.308. The summed E-state index contributed by atoms with van der Waals surface area (Å²) in [6.45, 7) is 0.994. The lowest BCUT2D eigenvalue weighted by Crippen LogP contribution is -2.10. The molecule has 0 aliphatic rings. The van der Waals surface area contributed by atoms with Crippen LogP contribution >= 0.6 is 0 Å². The highest BCUT2D eigenvalue weighted by atomic mass is 15.6. The number of benzene rings is 1. The van der Waals surface area contributed by atoms with E-state index in [-0.39, 0.29) is 0 Å². The molecule has 0 saturated heterocycles. The third kappa shape index (κ3) is 3.52. The van der Waals surface area contributed by atoms with E-state index in [0.717, 1.165) is 17.8 Å². The van der Waals surface area contributed by atoms with Gasteiger partial charge in [0.25, 0.3) is 0 Å². The van der Waals surface area contributed by atoms with Crippen molar-refractivity contribution in [1.29, 1.82) is 0 Å². The van der Waals surface area contributed by atoms with Crippen molar-refractivity contribution < 1.29 is 0 Å². The van der Waals surface area contributed by atoms with Gasteiger partial charge in [-0.1, -0.05) is 35.5 Å². The molecule has 0 spiro atoms. The highest BCUT2D eigenvalue weighted by Crippen LogP contribution is 2.12. The summed E-state index contributed by atoms with van der Waals surface area (Å²) in [7, 11) is 0. The number of aryl methyl sites for hydroxylation is 2. The van der Waals surface area contributed by atoms with Crippen LogP contribution in [0, 0.1) is 0 Å². The normalized spacial score (nSPS) is 11.0. The van der Waals surface area contributed by atoms with Crippen LogP contribution in [0.5, 0.6) is 0 Å². The van der Waals surface area contributed by atoms with E-state index in [1.54, 1.807) is 9.48 Å². The second kappa shape index (κ2) is 6.90. The number of hydrogen-bond acceptors (Lipinski definition) is 9. The van der Waals surface area contributed by atoms with Crippen molar-refractivity contribution in [1.82, 2.24) is 61.0 Å². The Hall–Kier alpha value is -3.57. The fourth-order valence-electron chi connectivity index (χ4n) is 2.33. The standard InChI is InChI=1S/C13H14N12/c1-2-5-10(6-3-1)13-17-22-25(18-13)8-4-7-12-16-21-23-24(12)9-11-14-19-20-15-11/h1-3,5-6H,4,7-9H2,(H,14,15,19,20). The van der Waals surface area contributed by atoms with Gasteiger partial charge in [-0.3, -0.25) is 0 Å². The Labute approximate surface area is 141 Å². The molecule has 0 radical (unpaired) electrons. The van der Waals surface area contributed by atoms with Crippen molar-refractivity contribution in [3.63, 3.8) is 0 Å². The number of rotatable bonds is 7. The van der Waals surface area contributed by atoms with Gasteiger partial charge < -0.3 is 0 Å². The summed E-state index contributed by atoms with van der Waals surface area (Å²) in [6, 6.07) is 9.74. The van der Waals surface area contributed by atoms with E-state index in [1.165, 1.54) is 0 Å². The molecule has 0 fully saturated rings. The summed E-state index contributed by atoms with van der Waals surface area (Å²) in [6.07, 6.45) is 1.45. The number of H-pyrrole nitrogens is 1. The van der Waals surface area contributed by atoms with Crippen LogP contribution in [0.2, 0.25) is 0 Å². The number of hydrogen-bond donors (Lipinski definition) is 1. The van der Waals surface area contributed by atoms with Gasteiger partial charge in [-0.25, -0.2) is 4.68 Å². The van der Waals surface area contributed by atoms with Gasteiger partial charge in [-0.2, -0.15) is 10.0 Å². The van der Waals surface area contributed by atoms with E-state index in [9.17, 15) is 0 Å². The Morgan fingerprint density at radius 1 is 1.00 bits per heavy atom. The molecule has 0 atom stereocenters. The first-order valence-electron chi connectivity index (χ1n) is 7.69. The molecule has 0 aliphatic heterocycles. The van der Waals surface area contributed by atoms with Gasteiger partial charge in [0, 0.05) is 12.0 Å². The molecule has 3 aromatic heterocycles. The zero-order chi connectivity index (χ0) is 16.9. The minimum absolute atomic E-state index is 0.374. The predicted octanol–water partition coefficient (Wildman–Crippen LogP) is -0.479. The quantitative estimate of drug-likeness (QED) is 0.472. The second-order valence-corrected chi connectivity index (χ2v) is 5.26. The largest absolute Gasteiger partial charge is 0.222 e. The molecule has 4 rings (SSSR count). The van der Waals surface area contributed by atoms with Crippen molar-refractivity contribution in [2.24, 2.45) is 0 Å². The van der Waals surface area contributed by atoms with Crippen molar-refractivity contribution in [2.45, 2.75) is 25.9 Å². The number of tetrazole rings is 3. The van der Waals surface area contributed by atoms with Crippen LogP contribution in [0.4, 0.5) is 0 Å². The summed E-state index contributed by atoms with van der Waals surface area (Å²) < 4.78 is 1.65. The first-order valence-corrected chi connectivity index (χ1v) is 7.69. The molecule has 0 bridgehead atoms. The van der Waals surface area contributed by atoms with Crippen LogP contribution in [0.1, 0.15) is 18.1 Å². The molecule has 12 heteroatoms. The van der Waals surface area contributed by atoms with Crippen molar-refractivity contribution >= 4 is 0 Å². The average Bonchev–Trinajstić information content (AvgIpc) is 3.39. The third-order valence-electron chi connectivity index (χ3n) is 3.53. The molecule has 0 unspecified atom stereocenters. The maximum absolute atomic E-state index is 4.39. The van der Waals surface area contributed by atoms with Crippen LogP contribution < -0.4 is 0 Å². The summed E-state index contributed by atoms with van der Waals surface area (Å²) in [5.41, 5.74) is 0.942. The summed E-state index contributed by atoms with van der Waals surface area (Å²) in [5.74, 6) is 1.88. The topological polar surface area (TPSA) is 142 Å². The monoisotopic (exact) mass is 338 g/mol. The number of aromatic amines is 1. The molecule has 126 valence electrons. The molecule has 3 heterocycles. The number of nitrogens with zero attached hydrogens (tertiary/aromatic N) is 11.